The maximum absolute atomic E-state index is 13.6. The number of hydrogen-bond acceptors (Lipinski definition) is 6. The second-order valence-electron chi connectivity index (χ2n) is 3.89. The number of halogens is 1. The Labute approximate surface area is 106 Å². The highest BCUT2D eigenvalue weighted by Gasteiger charge is 2.14. The quantitative estimate of drug-likeness (QED) is 0.742. The van der Waals surface area contributed by atoms with Crippen LogP contribution in [-0.4, -0.2) is 55.0 Å². The van der Waals surface area contributed by atoms with Crippen molar-refractivity contribution in [2.45, 2.75) is 13.0 Å². The van der Waals surface area contributed by atoms with E-state index in [2.05, 4.69) is 15.3 Å². The minimum Gasteiger partial charge on any atom is -0.389 e. The summed E-state index contributed by atoms with van der Waals surface area (Å²) in [4.78, 5) is 9.40. The van der Waals surface area contributed by atoms with E-state index in [4.69, 9.17) is 4.74 Å². The van der Waals surface area contributed by atoms with Crippen molar-refractivity contribution in [2.75, 3.05) is 44.1 Å². The molecule has 1 unspecified atom stereocenters. The molecule has 0 aliphatic rings. The van der Waals surface area contributed by atoms with E-state index in [-0.39, 0.29) is 19.0 Å². The van der Waals surface area contributed by atoms with Crippen LogP contribution in [0.3, 0.4) is 0 Å². The Morgan fingerprint density at radius 3 is 2.94 bits per heavy atom. The van der Waals surface area contributed by atoms with Gasteiger partial charge in [0.2, 0.25) is 5.95 Å². The maximum Gasteiger partial charge on any atom is 0.224 e. The lowest BCUT2D eigenvalue weighted by atomic mass is 10.3. The van der Waals surface area contributed by atoms with Gasteiger partial charge in [-0.2, -0.15) is 4.98 Å². The van der Waals surface area contributed by atoms with Gasteiger partial charge in [0.15, 0.2) is 11.6 Å². The second kappa shape index (κ2) is 7.07. The van der Waals surface area contributed by atoms with E-state index >= 15 is 0 Å². The van der Waals surface area contributed by atoms with E-state index in [1.807, 2.05) is 6.92 Å². The molecule has 0 fully saturated rings. The van der Waals surface area contributed by atoms with Gasteiger partial charge in [-0.15, -0.1) is 0 Å². The highest BCUT2D eigenvalue weighted by atomic mass is 19.1. The van der Waals surface area contributed by atoms with Crippen LogP contribution in [0.5, 0.6) is 0 Å². The SMILES string of the molecule is CCNc1ncc(F)c(N(C)CC(O)COC)n1. The number of anilines is 2. The van der Waals surface area contributed by atoms with E-state index in [0.717, 1.165) is 6.20 Å². The van der Waals surface area contributed by atoms with Gasteiger partial charge in [0.1, 0.15) is 0 Å². The monoisotopic (exact) mass is 258 g/mol. The first-order valence-corrected chi connectivity index (χ1v) is 5.73. The summed E-state index contributed by atoms with van der Waals surface area (Å²) in [5.74, 6) is -0.0122. The van der Waals surface area contributed by atoms with Gasteiger partial charge in [-0.25, -0.2) is 9.37 Å². The third-order valence-electron chi connectivity index (χ3n) is 2.27. The molecule has 0 aromatic carbocycles. The molecule has 0 saturated carbocycles. The number of aliphatic hydroxyl groups excluding tert-OH is 1. The molecule has 18 heavy (non-hydrogen) atoms. The highest BCUT2D eigenvalue weighted by molar-refractivity contribution is 5.43. The number of methoxy groups -OCH3 is 1. The van der Waals surface area contributed by atoms with Gasteiger partial charge < -0.3 is 20.1 Å². The minimum atomic E-state index is -0.697. The number of aromatic nitrogens is 2. The van der Waals surface area contributed by atoms with Crippen LogP contribution >= 0.6 is 0 Å². The third kappa shape index (κ3) is 4.08. The minimum absolute atomic E-state index is 0.149. The molecule has 0 aliphatic heterocycles. The second-order valence-corrected chi connectivity index (χ2v) is 3.89. The topological polar surface area (TPSA) is 70.5 Å². The number of ether oxygens (including phenoxy) is 1. The summed E-state index contributed by atoms with van der Waals surface area (Å²) in [6.07, 6.45) is 0.413. The molecular weight excluding hydrogens is 239 g/mol. The van der Waals surface area contributed by atoms with Gasteiger partial charge in [-0.1, -0.05) is 0 Å². The molecule has 1 aromatic rings. The summed E-state index contributed by atoms with van der Waals surface area (Å²) in [7, 11) is 3.15. The summed E-state index contributed by atoms with van der Waals surface area (Å²) < 4.78 is 18.4. The summed E-state index contributed by atoms with van der Waals surface area (Å²) in [6.45, 7) is 2.98. The zero-order valence-electron chi connectivity index (χ0n) is 10.9. The van der Waals surface area contributed by atoms with Crippen LogP contribution in [0.15, 0.2) is 6.20 Å². The fourth-order valence-corrected chi connectivity index (χ4v) is 1.52. The first kappa shape index (κ1) is 14.6. The molecule has 6 nitrogen and oxygen atoms in total. The van der Waals surface area contributed by atoms with Crippen LogP contribution in [0.4, 0.5) is 16.2 Å². The van der Waals surface area contributed by atoms with Crippen molar-refractivity contribution in [2.24, 2.45) is 0 Å². The van der Waals surface area contributed by atoms with Gasteiger partial charge in [0.25, 0.3) is 0 Å². The highest BCUT2D eigenvalue weighted by Crippen LogP contribution is 2.16. The van der Waals surface area contributed by atoms with Crippen molar-refractivity contribution in [3.63, 3.8) is 0 Å². The average Bonchev–Trinajstić information content (AvgIpc) is 2.32. The Morgan fingerprint density at radius 2 is 2.33 bits per heavy atom. The van der Waals surface area contributed by atoms with Gasteiger partial charge in [0.05, 0.1) is 18.9 Å². The summed E-state index contributed by atoms with van der Waals surface area (Å²) in [5.41, 5.74) is 0. The van der Waals surface area contributed by atoms with E-state index in [1.54, 1.807) is 7.05 Å². The molecule has 7 heteroatoms. The summed E-state index contributed by atoms with van der Waals surface area (Å²) >= 11 is 0. The van der Waals surface area contributed by atoms with Crippen molar-refractivity contribution < 1.29 is 14.2 Å². The predicted octanol–water partition coefficient (Wildman–Crippen LogP) is 0.491. The van der Waals surface area contributed by atoms with Gasteiger partial charge in [0, 0.05) is 27.2 Å². The third-order valence-corrected chi connectivity index (χ3v) is 2.27. The Morgan fingerprint density at radius 1 is 1.61 bits per heavy atom. The molecule has 0 aliphatic carbocycles. The van der Waals surface area contributed by atoms with Gasteiger partial charge >= 0.3 is 0 Å². The lowest BCUT2D eigenvalue weighted by molar-refractivity contribution is 0.0693. The Kier molecular flexibility index (Phi) is 5.73. The number of likely N-dealkylation sites (N-methyl/N-ethyl adjacent to an activating group) is 1. The molecular formula is C11H19FN4O2. The standard InChI is InChI=1S/C11H19FN4O2/c1-4-13-11-14-5-9(12)10(15-11)16(2)6-8(17)7-18-3/h5,8,17H,4,6-7H2,1-3H3,(H,13,14,15). The normalized spacial score (nSPS) is 12.3. The lowest BCUT2D eigenvalue weighted by Gasteiger charge is -2.22. The van der Waals surface area contributed by atoms with Crippen molar-refractivity contribution >= 4 is 11.8 Å². The number of rotatable bonds is 7. The van der Waals surface area contributed by atoms with E-state index < -0.39 is 11.9 Å². The predicted molar refractivity (Wildman–Crippen MR) is 67.3 cm³/mol. The molecule has 1 atom stereocenters. The maximum atomic E-state index is 13.6. The fourth-order valence-electron chi connectivity index (χ4n) is 1.52. The zero-order chi connectivity index (χ0) is 13.5. The summed E-state index contributed by atoms with van der Waals surface area (Å²) in [6, 6.07) is 0. The van der Waals surface area contributed by atoms with Gasteiger partial charge in [-0.05, 0) is 6.92 Å². The molecule has 0 radical (unpaired) electrons. The number of hydrogen-bond donors (Lipinski definition) is 2. The molecule has 0 amide bonds. The molecule has 1 rings (SSSR count). The van der Waals surface area contributed by atoms with Crippen molar-refractivity contribution in [1.29, 1.82) is 0 Å². The van der Waals surface area contributed by atoms with Crippen molar-refractivity contribution in [1.82, 2.24) is 9.97 Å². The zero-order valence-corrected chi connectivity index (χ0v) is 10.9. The summed E-state index contributed by atoms with van der Waals surface area (Å²) in [5, 5.41) is 12.5. The first-order chi connectivity index (χ1) is 8.58. The van der Waals surface area contributed by atoms with Crippen molar-refractivity contribution in [3.05, 3.63) is 12.0 Å². The fraction of sp³-hybridized carbons (Fsp3) is 0.636. The molecule has 1 heterocycles. The van der Waals surface area contributed by atoms with Crippen LogP contribution in [0, 0.1) is 5.82 Å². The molecule has 0 saturated heterocycles. The molecule has 2 N–H and O–H groups in total. The number of nitrogens with one attached hydrogen (secondary N) is 1. The van der Waals surface area contributed by atoms with Gasteiger partial charge in [-0.3, -0.25) is 0 Å². The van der Waals surface area contributed by atoms with E-state index in [9.17, 15) is 9.50 Å². The number of nitrogens with zero attached hydrogens (tertiary/aromatic N) is 3. The van der Waals surface area contributed by atoms with Crippen LogP contribution in [-0.2, 0) is 4.74 Å². The Bertz CT molecular complexity index is 378. The first-order valence-electron chi connectivity index (χ1n) is 5.73. The lowest BCUT2D eigenvalue weighted by Crippen LogP contribution is -2.33. The van der Waals surface area contributed by atoms with E-state index in [0.29, 0.717) is 12.5 Å². The largest absolute Gasteiger partial charge is 0.389 e. The Balaban J connectivity index is 2.76. The average molecular weight is 258 g/mol. The molecule has 1 aromatic heterocycles. The van der Waals surface area contributed by atoms with Crippen molar-refractivity contribution in [3.8, 4) is 0 Å². The molecule has 0 bridgehead atoms. The molecule has 0 spiro atoms. The van der Waals surface area contributed by atoms with Crippen LogP contribution in [0.1, 0.15) is 6.92 Å². The van der Waals surface area contributed by atoms with Crippen LogP contribution in [0.25, 0.3) is 0 Å². The molecule has 102 valence electrons. The number of aliphatic hydroxyl groups is 1. The van der Waals surface area contributed by atoms with Crippen LogP contribution in [0.2, 0.25) is 0 Å². The Hall–Kier alpha value is -1.47. The van der Waals surface area contributed by atoms with E-state index in [1.165, 1.54) is 12.0 Å². The smallest absolute Gasteiger partial charge is 0.224 e. The van der Waals surface area contributed by atoms with Crippen LogP contribution < -0.4 is 10.2 Å².